The molecule has 0 atom stereocenters. The van der Waals surface area contributed by atoms with E-state index in [1.54, 1.807) is 42.7 Å². The molecule has 2 aromatic heterocycles. The number of guanidine groups is 1. The third-order valence-corrected chi connectivity index (χ3v) is 3.77. The Morgan fingerprint density at radius 2 is 1.82 bits per heavy atom. The number of nitrogens with one attached hydrogen (secondary N) is 3. The van der Waals surface area contributed by atoms with Crippen LogP contribution in [0, 0.1) is 13.8 Å². The van der Waals surface area contributed by atoms with E-state index >= 15 is 0 Å². The van der Waals surface area contributed by atoms with E-state index in [4.69, 9.17) is 16.0 Å². The molecule has 144 valence electrons. The lowest BCUT2D eigenvalue weighted by atomic mass is 10.3. The van der Waals surface area contributed by atoms with Gasteiger partial charge in [-0.3, -0.25) is 10.6 Å². The first kappa shape index (κ1) is 19.4. The Labute approximate surface area is 167 Å². The van der Waals surface area contributed by atoms with Crippen LogP contribution in [0.15, 0.2) is 58.1 Å². The van der Waals surface area contributed by atoms with Gasteiger partial charge in [0.25, 0.3) is 0 Å². The number of anilines is 2. The Hall–Kier alpha value is -3.39. The second-order valence-corrected chi connectivity index (χ2v) is 6.37. The van der Waals surface area contributed by atoms with Crippen molar-refractivity contribution in [3.8, 4) is 0 Å². The number of amides is 2. The molecule has 0 unspecified atom stereocenters. The smallest absolute Gasteiger partial charge is 0.326 e. The highest BCUT2D eigenvalue weighted by Gasteiger charge is 2.10. The molecule has 0 saturated heterocycles. The molecule has 2 amide bonds. The van der Waals surface area contributed by atoms with E-state index in [0.717, 1.165) is 11.4 Å². The summed E-state index contributed by atoms with van der Waals surface area (Å²) in [5.74, 6) is 1.18. The number of furan rings is 1. The number of hydrogen-bond acceptors (Lipinski definition) is 5. The highest BCUT2D eigenvalue weighted by molar-refractivity contribution is 6.30. The van der Waals surface area contributed by atoms with Crippen LogP contribution in [0.5, 0.6) is 0 Å². The number of urea groups is 1. The molecule has 3 N–H and O–H groups in total. The van der Waals surface area contributed by atoms with Crippen molar-refractivity contribution in [2.45, 2.75) is 20.4 Å². The van der Waals surface area contributed by atoms with Crippen molar-refractivity contribution < 1.29 is 9.21 Å². The lowest BCUT2D eigenvalue weighted by Crippen LogP contribution is -2.39. The predicted octanol–water partition coefficient (Wildman–Crippen LogP) is 4.13. The van der Waals surface area contributed by atoms with Gasteiger partial charge in [0.05, 0.1) is 6.26 Å². The molecule has 0 spiro atoms. The van der Waals surface area contributed by atoms with Gasteiger partial charge in [-0.2, -0.15) is 0 Å². The number of benzene rings is 1. The first-order chi connectivity index (χ1) is 13.5. The quantitative estimate of drug-likeness (QED) is 0.452. The van der Waals surface area contributed by atoms with Gasteiger partial charge in [-0.25, -0.2) is 19.8 Å². The summed E-state index contributed by atoms with van der Waals surface area (Å²) >= 11 is 5.86. The summed E-state index contributed by atoms with van der Waals surface area (Å²) in [7, 11) is 0. The van der Waals surface area contributed by atoms with Gasteiger partial charge in [0, 0.05) is 22.1 Å². The number of rotatable bonds is 4. The maximum Gasteiger partial charge on any atom is 0.326 e. The van der Waals surface area contributed by atoms with E-state index in [2.05, 4.69) is 30.9 Å². The van der Waals surface area contributed by atoms with E-state index < -0.39 is 6.03 Å². The first-order valence-electron chi connectivity index (χ1n) is 8.47. The van der Waals surface area contributed by atoms with E-state index in [1.165, 1.54) is 0 Å². The maximum atomic E-state index is 12.4. The van der Waals surface area contributed by atoms with Crippen molar-refractivity contribution in [2.24, 2.45) is 4.99 Å². The number of hydrogen-bond donors (Lipinski definition) is 3. The summed E-state index contributed by atoms with van der Waals surface area (Å²) in [6.07, 6.45) is 1.56. The molecule has 8 nitrogen and oxygen atoms in total. The molecule has 0 aliphatic heterocycles. The fourth-order valence-corrected chi connectivity index (χ4v) is 2.49. The minimum Gasteiger partial charge on any atom is -0.467 e. The maximum absolute atomic E-state index is 12.4. The van der Waals surface area contributed by atoms with Crippen molar-refractivity contribution in [1.82, 2.24) is 15.3 Å². The molecular formula is C19H19ClN6O2. The number of aryl methyl sites for hydroxylation is 2. The van der Waals surface area contributed by atoms with Crippen LogP contribution in [0.2, 0.25) is 5.02 Å². The number of halogens is 1. The molecule has 0 saturated carbocycles. The van der Waals surface area contributed by atoms with Crippen LogP contribution in [0.25, 0.3) is 0 Å². The van der Waals surface area contributed by atoms with E-state index in [9.17, 15) is 4.79 Å². The molecule has 9 heteroatoms. The Morgan fingerprint density at radius 1 is 1.11 bits per heavy atom. The third kappa shape index (κ3) is 5.82. The average Bonchev–Trinajstić information content (AvgIpc) is 3.14. The average molecular weight is 399 g/mol. The molecule has 2 heterocycles. The Bertz CT molecular complexity index is 950. The Balaban J connectivity index is 1.73. The minimum absolute atomic E-state index is 0.188. The van der Waals surface area contributed by atoms with Gasteiger partial charge >= 0.3 is 6.03 Å². The van der Waals surface area contributed by atoms with Gasteiger partial charge in [-0.1, -0.05) is 11.6 Å². The van der Waals surface area contributed by atoms with Crippen molar-refractivity contribution >= 4 is 35.2 Å². The van der Waals surface area contributed by atoms with Crippen molar-refractivity contribution in [3.63, 3.8) is 0 Å². The topological polar surface area (TPSA) is 104 Å². The zero-order valence-electron chi connectivity index (χ0n) is 15.4. The number of aliphatic imine (C=N–C) groups is 1. The van der Waals surface area contributed by atoms with Crippen molar-refractivity contribution in [1.29, 1.82) is 0 Å². The van der Waals surface area contributed by atoms with Crippen LogP contribution in [0.1, 0.15) is 17.1 Å². The number of carbonyl (C=O) groups excluding carboxylic acids is 1. The second kappa shape index (κ2) is 9.01. The fourth-order valence-electron chi connectivity index (χ4n) is 2.36. The summed E-state index contributed by atoms with van der Waals surface area (Å²) in [6.45, 7) is 3.96. The standard InChI is InChI=1S/C19H19ClN6O2/c1-12-10-13(2)23-18(22-12)25-17(21-11-16-4-3-9-28-16)26-19(27)24-15-7-5-14(20)6-8-15/h3-10H,11H2,1-2H3,(H3,21,22,23,24,25,26,27). The fraction of sp³-hybridized carbons (Fsp3) is 0.158. The van der Waals surface area contributed by atoms with Crippen LogP contribution >= 0.6 is 11.6 Å². The van der Waals surface area contributed by atoms with E-state index in [0.29, 0.717) is 22.4 Å². The normalized spacial score (nSPS) is 11.2. The molecule has 3 aromatic rings. The Morgan fingerprint density at radius 3 is 2.46 bits per heavy atom. The molecule has 0 aliphatic carbocycles. The number of carbonyl (C=O) groups is 1. The van der Waals surface area contributed by atoms with Gasteiger partial charge < -0.3 is 9.73 Å². The number of nitrogens with zero attached hydrogens (tertiary/aromatic N) is 3. The summed E-state index contributed by atoms with van der Waals surface area (Å²) in [5, 5.41) is 8.90. The minimum atomic E-state index is -0.475. The summed E-state index contributed by atoms with van der Waals surface area (Å²) in [6, 6.07) is 11.7. The highest BCUT2D eigenvalue weighted by Crippen LogP contribution is 2.13. The van der Waals surface area contributed by atoms with Gasteiger partial charge in [-0.15, -0.1) is 0 Å². The molecule has 28 heavy (non-hydrogen) atoms. The lowest BCUT2D eigenvalue weighted by Gasteiger charge is -2.12. The number of aromatic nitrogens is 2. The molecule has 1 aromatic carbocycles. The summed E-state index contributed by atoms with van der Waals surface area (Å²) < 4.78 is 5.28. The summed E-state index contributed by atoms with van der Waals surface area (Å²) in [4.78, 5) is 25.3. The lowest BCUT2D eigenvalue weighted by molar-refractivity contribution is 0.256. The van der Waals surface area contributed by atoms with E-state index in [1.807, 2.05) is 19.9 Å². The predicted molar refractivity (Wildman–Crippen MR) is 109 cm³/mol. The first-order valence-corrected chi connectivity index (χ1v) is 8.85. The summed E-state index contributed by atoms with van der Waals surface area (Å²) in [5.41, 5.74) is 2.19. The Kier molecular flexibility index (Phi) is 6.23. The van der Waals surface area contributed by atoms with Gasteiger partial charge in [0.1, 0.15) is 12.3 Å². The second-order valence-electron chi connectivity index (χ2n) is 5.93. The van der Waals surface area contributed by atoms with Crippen LogP contribution in [0.3, 0.4) is 0 Å². The molecule has 0 fully saturated rings. The van der Waals surface area contributed by atoms with Crippen molar-refractivity contribution in [3.05, 3.63) is 70.9 Å². The van der Waals surface area contributed by atoms with Crippen LogP contribution in [-0.2, 0) is 6.54 Å². The zero-order chi connectivity index (χ0) is 19.9. The van der Waals surface area contributed by atoms with Crippen LogP contribution in [-0.4, -0.2) is 22.0 Å². The highest BCUT2D eigenvalue weighted by atomic mass is 35.5. The van der Waals surface area contributed by atoms with Gasteiger partial charge in [-0.05, 0) is 56.3 Å². The SMILES string of the molecule is Cc1cc(C)nc(NC(=NCc2ccco2)NC(=O)Nc2ccc(Cl)cc2)n1. The van der Waals surface area contributed by atoms with E-state index in [-0.39, 0.29) is 12.5 Å². The van der Waals surface area contributed by atoms with Gasteiger partial charge in [0.2, 0.25) is 11.9 Å². The largest absolute Gasteiger partial charge is 0.467 e. The monoisotopic (exact) mass is 398 g/mol. The third-order valence-electron chi connectivity index (χ3n) is 3.52. The molecule has 0 aliphatic rings. The van der Waals surface area contributed by atoms with Crippen molar-refractivity contribution in [2.75, 3.05) is 10.6 Å². The van der Waals surface area contributed by atoms with Gasteiger partial charge in [0.15, 0.2) is 0 Å². The zero-order valence-corrected chi connectivity index (χ0v) is 16.1. The van der Waals surface area contributed by atoms with Crippen LogP contribution in [0.4, 0.5) is 16.4 Å². The molecule has 0 bridgehead atoms. The molecular weight excluding hydrogens is 380 g/mol. The molecule has 0 radical (unpaired) electrons. The molecule has 3 rings (SSSR count). The van der Waals surface area contributed by atoms with Crippen LogP contribution < -0.4 is 16.0 Å².